The van der Waals surface area contributed by atoms with E-state index in [-0.39, 0.29) is 65.4 Å². The molecule has 0 aliphatic rings. The van der Waals surface area contributed by atoms with E-state index in [9.17, 15) is 0 Å². The number of allylic oxidation sites excluding steroid dienone is 2. The molecule has 3 heteroatoms. The van der Waals surface area contributed by atoms with E-state index in [0.29, 0.717) is 0 Å². The van der Waals surface area contributed by atoms with E-state index in [4.69, 9.17) is 0 Å². The fraction of sp³-hybridized carbons (Fsp3) is 0.556. The van der Waals surface area contributed by atoms with E-state index in [1.165, 1.54) is 18.0 Å². The van der Waals surface area contributed by atoms with Crippen LogP contribution in [0, 0.1) is 12.8 Å². The Kier molecular flexibility index (Phi) is 36.3. The van der Waals surface area contributed by atoms with Crippen molar-refractivity contribution in [2.45, 2.75) is 34.5 Å². The topological polar surface area (TPSA) is 0 Å². The molecular weight excluding hydrogens is 297 g/mol. The van der Waals surface area contributed by atoms with Crippen LogP contribution in [0.3, 0.4) is 0 Å². The third kappa shape index (κ3) is 14.3. The molecule has 0 saturated carbocycles. The summed E-state index contributed by atoms with van der Waals surface area (Å²) in [6.07, 6.45) is 4.24. The Bertz CT molecular complexity index is 88.7. The van der Waals surface area contributed by atoms with Crippen LogP contribution >= 0.6 is 0 Å². The van der Waals surface area contributed by atoms with Gasteiger partial charge < -0.3 is 24.0 Å². The van der Waals surface area contributed by atoms with Gasteiger partial charge in [-0.1, -0.05) is 6.82 Å². The van der Waals surface area contributed by atoms with Gasteiger partial charge in [-0.3, -0.25) is 0 Å². The van der Waals surface area contributed by atoms with Crippen LogP contribution in [-0.2, 0) is 65.4 Å². The predicted octanol–water partition coefficient (Wildman–Crippen LogP) is 2.97. The first-order valence-electron chi connectivity index (χ1n) is 3.56. The fourth-order valence-electron chi connectivity index (χ4n) is 0.455. The molecule has 0 nitrogen and oxygen atoms in total. The molecule has 0 bridgehead atoms. The van der Waals surface area contributed by atoms with Gasteiger partial charge in [-0.2, -0.15) is 0 Å². The molecule has 0 aliphatic carbocycles. The van der Waals surface area contributed by atoms with E-state index < -0.39 is 0 Å². The molecule has 64 valence electrons. The summed E-state index contributed by atoms with van der Waals surface area (Å²) in [7, 11) is 4.50. The minimum absolute atomic E-state index is 0. The van der Waals surface area contributed by atoms with Crippen molar-refractivity contribution in [2.24, 2.45) is 0 Å². The van der Waals surface area contributed by atoms with Crippen LogP contribution in [0.15, 0.2) is 11.1 Å². The van der Waals surface area contributed by atoms with Crippen molar-refractivity contribution in [3.63, 3.8) is 0 Å². The summed E-state index contributed by atoms with van der Waals surface area (Å²) in [5, 5.41) is 0. The van der Waals surface area contributed by atoms with Gasteiger partial charge in [0.1, 0.15) is 0 Å². The minimum Gasteiger partial charge on any atom is -0.364 e. The van der Waals surface area contributed by atoms with Gasteiger partial charge in [0.2, 0.25) is 0 Å². The van der Waals surface area contributed by atoms with Crippen molar-refractivity contribution < 1.29 is 65.4 Å². The Morgan fingerprint density at radius 1 is 0.833 bits per heavy atom. The van der Waals surface area contributed by atoms with Crippen molar-refractivity contribution >= 4 is 7.85 Å². The monoisotopic (exact) mass is 314 g/mol. The molecule has 0 fully saturated rings. The van der Waals surface area contributed by atoms with Gasteiger partial charge in [0, 0.05) is 65.4 Å². The quantitative estimate of drug-likeness (QED) is 0.543. The summed E-state index contributed by atoms with van der Waals surface area (Å²) in [5.41, 5.74) is 2.74. The predicted molar refractivity (Wildman–Crippen MR) is 49.9 cm³/mol. The summed E-state index contributed by atoms with van der Waals surface area (Å²) < 4.78 is 0. The molecular formula is C9H17BY2-2. The van der Waals surface area contributed by atoms with Crippen molar-refractivity contribution in [1.29, 1.82) is 0 Å². The zero-order valence-electron chi connectivity index (χ0n) is 8.89. The Hall–Kier alpha value is 1.75. The van der Waals surface area contributed by atoms with Gasteiger partial charge in [-0.05, 0) is 0 Å². The molecule has 0 spiro atoms. The van der Waals surface area contributed by atoms with Gasteiger partial charge in [0.05, 0.1) is 7.85 Å². The molecule has 0 amide bonds. The molecule has 0 N–H and O–H groups in total. The standard InChI is InChI=1S/C8H14.CH3B.2Y/c1-5-7(3)8(4)6-2;1-2;;/h5-6H,1-4H3;1H3;;/q-2;;;/b8-7-;;;. The van der Waals surface area contributed by atoms with Gasteiger partial charge in [-0.25, -0.2) is 0 Å². The first-order chi connectivity index (χ1) is 4.72. The molecule has 0 aromatic carbocycles. The zero-order valence-corrected chi connectivity index (χ0v) is 14.6. The molecule has 4 radical (unpaired) electrons. The SMILES string of the molecule is C[CH-]/C(C)=C(/C)[CH-]C.[B]C.[Y].[Y]. The second-order valence-electron chi connectivity index (χ2n) is 1.94. The molecule has 0 atom stereocenters. The maximum Gasteiger partial charge on any atom is 0.0606 e. The third-order valence-corrected chi connectivity index (χ3v) is 1.49. The van der Waals surface area contributed by atoms with E-state index in [0.717, 1.165) is 0 Å². The van der Waals surface area contributed by atoms with Crippen molar-refractivity contribution in [2.75, 3.05) is 0 Å². The van der Waals surface area contributed by atoms with E-state index in [2.05, 4.69) is 48.4 Å². The summed E-state index contributed by atoms with van der Waals surface area (Å²) in [5.74, 6) is 0. The maximum atomic E-state index is 4.50. The normalized spacial score (nSPS) is 8.75. The summed E-state index contributed by atoms with van der Waals surface area (Å²) >= 11 is 0. The van der Waals surface area contributed by atoms with Crippen LogP contribution in [0.1, 0.15) is 27.7 Å². The molecule has 0 unspecified atom stereocenters. The van der Waals surface area contributed by atoms with E-state index in [1.54, 1.807) is 0 Å². The summed E-state index contributed by atoms with van der Waals surface area (Å²) in [4.78, 5) is 0. The van der Waals surface area contributed by atoms with Gasteiger partial charge in [0.15, 0.2) is 0 Å². The average molecular weight is 314 g/mol. The Morgan fingerprint density at radius 2 is 1.00 bits per heavy atom. The molecule has 0 aromatic rings. The maximum absolute atomic E-state index is 4.50. The first-order valence-corrected chi connectivity index (χ1v) is 3.56. The number of hydrogen-bond acceptors (Lipinski definition) is 0. The molecule has 0 aliphatic heterocycles. The first kappa shape index (κ1) is 23.5. The van der Waals surface area contributed by atoms with Gasteiger partial charge in [0.25, 0.3) is 0 Å². The van der Waals surface area contributed by atoms with Crippen LogP contribution in [0.4, 0.5) is 0 Å². The molecule has 0 saturated heterocycles. The smallest absolute Gasteiger partial charge is 0.0606 e. The summed E-state index contributed by atoms with van der Waals surface area (Å²) in [6.45, 7) is 9.86. The van der Waals surface area contributed by atoms with Gasteiger partial charge in [-0.15, -0.1) is 27.7 Å². The molecule has 0 aromatic heterocycles. The molecule has 0 heterocycles. The van der Waals surface area contributed by atoms with Gasteiger partial charge >= 0.3 is 0 Å². The van der Waals surface area contributed by atoms with Crippen LogP contribution in [0.5, 0.6) is 0 Å². The van der Waals surface area contributed by atoms with Crippen LogP contribution < -0.4 is 0 Å². The Morgan fingerprint density at radius 3 is 1.08 bits per heavy atom. The van der Waals surface area contributed by atoms with Crippen LogP contribution in [0.25, 0.3) is 0 Å². The number of rotatable bonds is 2. The molecule has 12 heavy (non-hydrogen) atoms. The zero-order chi connectivity index (χ0) is 8.57. The van der Waals surface area contributed by atoms with E-state index in [1.807, 2.05) is 0 Å². The van der Waals surface area contributed by atoms with Crippen molar-refractivity contribution in [1.82, 2.24) is 0 Å². The second-order valence-corrected chi connectivity index (χ2v) is 1.94. The Labute approximate surface area is 130 Å². The van der Waals surface area contributed by atoms with E-state index >= 15 is 0 Å². The molecule has 0 rings (SSSR count). The Balaban J connectivity index is -0.0000000740. The largest absolute Gasteiger partial charge is 0.364 e. The van der Waals surface area contributed by atoms with Crippen LogP contribution in [-0.4, -0.2) is 7.85 Å². The summed E-state index contributed by atoms with van der Waals surface area (Å²) in [6, 6.07) is 0. The average Bonchev–Trinajstić information content (AvgIpc) is 2.05. The fourth-order valence-corrected chi connectivity index (χ4v) is 0.455. The van der Waals surface area contributed by atoms with Crippen molar-refractivity contribution in [3.8, 4) is 0 Å². The van der Waals surface area contributed by atoms with Crippen molar-refractivity contribution in [3.05, 3.63) is 24.0 Å². The van der Waals surface area contributed by atoms with Crippen LogP contribution in [0.2, 0.25) is 6.82 Å². The second kappa shape index (κ2) is 18.5. The minimum atomic E-state index is 0. The number of hydrogen-bond donors (Lipinski definition) is 0. The third-order valence-electron chi connectivity index (χ3n) is 1.49.